The maximum absolute atomic E-state index is 14.2. The Hall–Kier alpha value is -7.65. The van der Waals surface area contributed by atoms with E-state index in [-0.39, 0.29) is 92.7 Å². The van der Waals surface area contributed by atoms with Crippen molar-refractivity contribution in [2.24, 2.45) is 0 Å². The van der Waals surface area contributed by atoms with Crippen molar-refractivity contribution in [2.75, 3.05) is 117 Å². The van der Waals surface area contributed by atoms with Gasteiger partial charge in [0.1, 0.15) is 24.8 Å². The van der Waals surface area contributed by atoms with E-state index in [4.69, 9.17) is 9.47 Å². The van der Waals surface area contributed by atoms with E-state index in [1.165, 1.54) is 41.6 Å². The summed E-state index contributed by atoms with van der Waals surface area (Å²) in [6.07, 6.45) is -1.84. The fourth-order valence-corrected chi connectivity index (χ4v) is 13.9. The molecule has 5 aromatic carbocycles. The predicted octanol–water partition coefficient (Wildman–Crippen LogP) is 13.0. The van der Waals surface area contributed by atoms with Gasteiger partial charge in [-0.3, -0.25) is 24.1 Å². The summed E-state index contributed by atoms with van der Waals surface area (Å²) in [5, 5.41) is 13.5. The van der Waals surface area contributed by atoms with Gasteiger partial charge in [0.25, 0.3) is 11.8 Å². The van der Waals surface area contributed by atoms with E-state index in [0.29, 0.717) is 132 Å². The molecule has 3 aliphatic heterocycles. The summed E-state index contributed by atoms with van der Waals surface area (Å²) in [5.74, 6) is -1.65. The smallest absolute Gasteiger partial charge is 0.416 e. The summed E-state index contributed by atoms with van der Waals surface area (Å²) in [4.78, 5) is 87.2. The summed E-state index contributed by atoms with van der Waals surface area (Å²) in [7, 11) is 5.20. The van der Waals surface area contributed by atoms with E-state index in [2.05, 4.69) is 37.2 Å². The minimum absolute atomic E-state index is 0. The molecule has 0 bridgehead atoms. The number of nitrogens with one attached hydrogen (secondary N) is 1. The van der Waals surface area contributed by atoms with Crippen molar-refractivity contribution < 1.29 is 69.3 Å². The lowest BCUT2D eigenvalue weighted by Crippen LogP contribution is -2.50. The third-order valence-corrected chi connectivity index (χ3v) is 19.6. The number of hydrogen-bond acceptors (Lipinski definition) is 12. The summed E-state index contributed by atoms with van der Waals surface area (Å²) in [6, 6.07) is 31.6. The molecule has 4 heterocycles. The molecule has 0 radical (unpaired) electrons. The van der Waals surface area contributed by atoms with Gasteiger partial charge in [0, 0.05) is 115 Å². The molecule has 28 heteroatoms. The van der Waals surface area contributed by atoms with Crippen LogP contribution in [0.15, 0.2) is 134 Å². The fraction of sp³-hybridized carbons (Fsp3) is 0.458. The molecule has 1 aliphatic carbocycles. The van der Waals surface area contributed by atoms with Gasteiger partial charge in [-0.05, 0) is 130 Å². The molecule has 18 nitrogen and oxygen atoms in total. The highest BCUT2D eigenvalue weighted by Crippen LogP contribution is 2.49. The normalized spacial score (nSPS) is 17.7. The molecular formula is C72H86Cl3F7N10O8. The first-order valence-corrected chi connectivity index (χ1v) is 33.0. The van der Waals surface area contributed by atoms with Gasteiger partial charge in [0.15, 0.2) is 0 Å². The number of carbonyl (C=O) groups is 5. The maximum atomic E-state index is 14.2. The second-order valence-electron chi connectivity index (χ2n) is 25.8. The number of ether oxygens (including phenoxy) is 2. The zero-order valence-electron chi connectivity index (χ0n) is 56.0. The first kappa shape index (κ1) is 79.7. The van der Waals surface area contributed by atoms with Crippen molar-refractivity contribution in [2.45, 2.75) is 106 Å². The summed E-state index contributed by atoms with van der Waals surface area (Å²) in [6.45, 7) is 4.85. The number of nitrogens with zero attached hydrogens (tertiary/aromatic N) is 9. The quantitative estimate of drug-likeness (QED) is 0.0387. The number of hydrogen-bond donors (Lipinski definition) is 2. The van der Waals surface area contributed by atoms with Gasteiger partial charge in [-0.1, -0.05) is 91.3 Å². The third kappa shape index (κ3) is 19.5. The van der Waals surface area contributed by atoms with Crippen molar-refractivity contribution in [3.05, 3.63) is 178 Å². The zero-order chi connectivity index (χ0) is 69.1. The van der Waals surface area contributed by atoms with E-state index in [1.54, 1.807) is 28.8 Å². The fourth-order valence-electron chi connectivity index (χ4n) is 13.9. The number of rotatable bonds is 26. The Morgan fingerprint density at radius 2 is 1.29 bits per heavy atom. The molecule has 3 fully saturated rings. The van der Waals surface area contributed by atoms with Crippen LogP contribution in [0.25, 0.3) is 11.1 Å². The molecule has 5 amide bonds. The van der Waals surface area contributed by atoms with Crippen molar-refractivity contribution >= 4 is 78.6 Å². The van der Waals surface area contributed by atoms with E-state index in [9.17, 15) is 59.8 Å². The van der Waals surface area contributed by atoms with Gasteiger partial charge in [-0.25, -0.2) is 19.2 Å². The lowest BCUT2D eigenvalue weighted by molar-refractivity contribution is -0.143. The number of para-hydroxylation sites is 1. The number of likely N-dealkylation sites (N-methyl/N-ethyl adjacent to an activating group) is 2. The van der Waals surface area contributed by atoms with E-state index >= 15 is 0 Å². The van der Waals surface area contributed by atoms with Gasteiger partial charge in [-0.2, -0.15) is 26.3 Å². The number of aromatic nitrogens is 2. The number of amides is 5. The molecule has 3 saturated heterocycles. The molecule has 1 aromatic heterocycles. The molecule has 2 N–H and O–H groups in total. The van der Waals surface area contributed by atoms with Crippen LogP contribution in [0, 0.1) is 5.82 Å². The predicted molar refractivity (Wildman–Crippen MR) is 373 cm³/mol. The van der Waals surface area contributed by atoms with Gasteiger partial charge in [-0.15, -0.1) is 37.2 Å². The number of piperidine rings is 2. The summed E-state index contributed by atoms with van der Waals surface area (Å²) >= 11 is 0. The number of alkyl halides is 6. The second-order valence-corrected chi connectivity index (χ2v) is 25.8. The minimum Gasteiger partial charge on any atom is -0.465 e. The number of halogens is 10. The Morgan fingerprint density at radius 1 is 0.680 bits per heavy atom. The standard InChI is InChI=1S/C72H83F7N10O8.3ClH/c1-83(32-14-33-85(3)65(92)53-45-81-67(82-46-53)80-31-13-5-8-21-63(90)84(2)39-40-86-34-26-58(27-35-86)89(68(94)95)61-20-12-10-18-59(61)50-15-6-4-7-16-50)64(91)47-96-62-43-51-17-9-11-19-60(51)69(62)28-36-87(37-29-69)38-30-70(54-22-24-57(73)25-23-54)48-88(49-97-70)66(93)52-41-55(71(74,75)76)44-56(42-52)72(77,78)79;;;/h4,6-7,9-12,15-20,22-25,41-42,44-46,58,62H,5,8,13-14,21,26-40,43,47-49H2,1-3H3,(H,94,95)(H,80,81,82);3*1H/t62-,70-;;;/m0.../s1. The Balaban J connectivity index is 0.00000468. The largest absolute Gasteiger partial charge is 0.465 e. The van der Waals surface area contributed by atoms with Gasteiger partial charge in [0.05, 0.1) is 35.0 Å². The van der Waals surface area contributed by atoms with Gasteiger partial charge >= 0.3 is 18.4 Å². The average Bonchev–Trinajstić information content (AvgIpc) is 1.58. The van der Waals surface area contributed by atoms with Crippen LogP contribution in [0.5, 0.6) is 0 Å². The highest BCUT2D eigenvalue weighted by atomic mass is 35.5. The lowest BCUT2D eigenvalue weighted by atomic mass is 9.72. The van der Waals surface area contributed by atoms with E-state index in [0.717, 1.165) is 59.5 Å². The Bertz CT molecular complexity index is 3670. The van der Waals surface area contributed by atoms with Crippen molar-refractivity contribution in [1.82, 2.24) is 39.4 Å². The van der Waals surface area contributed by atoms with Crippen LogP contribution in [-0.4, -0.2) is 193 Å². The first-order valence-electron chi connectivity index (χ1n) is 33.0. The molecule has 0 saturated carbocycles. The molecule has 4 aliphatic rings. The minimum atomic E-state index is -5.15. The second kappa shape index (κ2) is 35.3. The maximum Gasteiger partial charge on any atom is 0.416 e. The molecular weight excluding hydrogens is 1370 g/mol. The first-order chi connectivity index (χ1) is 46.4. The number of carboxylic acid groups (broad SMARTS) is 1. The van der Waals surface area contributed by atoms with Crippen LogP contribution >= 0.6 is 37.2 Å². The van der Waals surface area contributed by atoms with Crippen LogP contribution < -0.4 is 10.2 Å². The number of unbranched alkanes of at least 4 members (excludes halogenated alkanes) is 2. The Kier molecular flexibility index (Phi) is 28.1. The third-order valence-electron chi connectivity index (χ3n) is 19.6. The van der Waals surface area contributed by atoms with Crippen molar-refractivity contribution in [3.63, 3.8) is 0 Å². The molecule has 100 heavy (non-hydrogen) atoms. The Morgan fingerprint density at radius 3 is 1.95 bits per heavy atom. The van der Waals surface area contributed by atoms with E-state index < -0.39 is 64.6 Å². The van der Waals surface area contributed by atoms with Crippen LogP contribution in [0.4, 0.5) is 47.2 Å². The van der Waals surface area contributed by atoms with Gasteiger partial charge < -0.3 is 49.3 Å². The number of likely N-dealkylation sites (tertiary alicyclic amines) is 2. The van der Waals surface area contributed by atoms with E-state index in [1.807, 2.05) is 73.8 Å². The van der Waals surface area contributed by atoms with Crippen LogP contribution in [0.1, 0.15) is 113 Å². The molecule has 10 rings (SSSR count). The SMILES string of the molecule is CN(CCN1CCC(N(C(=O)O)c2ccccc2-c2ccccc2)CC1)C(=O)CCCCCNc1ncc(C(=O)N(C)CCCN(C)C(=O)CO[C@H]2Cc3ccccc3C23CCN(CC[C@@]2(c4ccc(F)cc4)CN(C(=O)c4cc(C(F)(F)F)cc(C(F)(F)F)c4)CO2)CC3)cn1.Cl.Cl.Cl. The van der Waals surface area contributed by atoms with Crippen molar-refractivity contribution in [3.8, 4) is 11.1 Å². The number of carbonyl (C=O) groups excluding carboxylic acids is 4. The number of fused-ring (bicyclic) bond motifs is 2. The molecule has 0 unspecified atom stereocenters. The Labute approximate surface area is 596 Å². The average molecular weight is 1460 g/mol. The van der Waals surface area contributed by atoms with Gasteiger partial charge in [0.2, 0.25) is 17.8 Å². The molecule has 1 spiro atoms. The number of anilines is 2. The van der Waals surface area contributed by atoms with Crippen LogP contribution in [-0.2, 0) is 48.9 Å². The number of benzene rings is 5. The zero-order valence-corrected chi connectivity index (χ0v) is 58.5. The highest BCUT2D eigenvalue weighted by molar-refractivity contribution is 5.96. The molecule has 2 atom stereocenters. The topological polar surface area (TPSA) is 185 Å². The van der Waals surface area contributed by atoms with Crippen molar-refractivity contribution in [1.29, 1.82) is 0 Å². The molecule has 542 valence electrons. The summed E-state index contributed by atoms with van der Waals surface area (Å²) < 4.78 is 110. The van der Waals surface area contributed by atoms with Crippen LogP contribution in [0.2, 0.25) is 0 Å². The summed E-state index contributed by atoms with van der Waals surface area (Å²) in [5.41, 5.74) is -0.0976. The van der Waals surface area contributed by atoms with Crippen LogP contribution in [0.3, 0.4) is 0 Å². The molecule has 6 aromatic rings. The lowest BCUT2D eigenvalue weighted by Gasteiger charge is -2.44. The monoisotopic (exact) mass is 1460 g/mol. The highest BCUT2D eigenvalue weighted by Gasteiger charge is 2.50.